The number of methoxy groups -OCH3 is 1. The highest BCUT2D eigenvalue weighted by atomic mass is 79.9. The Morgan fingerprint density at radius 3 is 2.60 bits per heavy atom. The minimum atomic E-state index is -1.22. The lowest BCUT2D eigenvalue weighted by Crippen LogP contribution is -2.15. The molecule has 1 unspecified atom stereocenters. The molecule has 0 saturated heterocycles. The van der Waals surface area contributed by atoms with Crippen LogP contribution in [0.15, 0.2) is 16.6 Å². The first kappa shape index (κ1) is 12.2. The lowest BCUT2D eigenvalue weighted by Gasteiger charge is -2.14. The minimum Gasteiger partial charge on any atom is -0.467 e. The summed E-state index contributed by atoms with van der Waals surface area (Å²) in [6.45, 7) is 3.79. The van der Waals surface area contributed by atoms with Crippen LogP contribution < -0.4 is 0 Å². The Hall–Kier alpha value is -0.870. The number of aliphatic hydroxyl groups is 1. The molecular formula is C11H13BrO3. The molecular weight excluding hydrogens is 260 g/mol. The summed E-state index contributed by atoms with van der Waals surface area (Å²) < 4.78 is 5.33. The number of halogens is 1. The molecule has 15 heavy (non-hydrogen) atoms. The van der Waals surface area contributed by atoms with Crippen LogP contribution in [0, 0.1) is 13.8 Å². The summed E-state index contributed by atoms with van der Waals surface area (Å²) in [5, 5.41) is 9.72. The molecule has 0 aliphatic rings. The quantitative estimate of drug-likeness (QED) is 0.841. The van der Waals surface area contributed by atoms with Gasteiger partial charge in [-0.25, -0.2) is 4.79 Å². The van der Waals surface area contributed by atoms with E-state index in [1.807, 2.05) is 19.9 Å². The van der Waals surface area contributed by atoms with Gasteiger partial charge >= 0.3 is 5.97 Å². The lowest BCUT2D eigenvalue weighted by atomic mass is 9.99. The second-order valence-corrected chi connectivity index (χ2v) is 4.28. The Bertz CT molecular complexity index is 388. The molecule has 0 spiro atoms. The zero-order chi connectivity index (χ0) is 11.6. The van der Waals surface area contributed by atoms with Crippen LogP contribution in [0.25, 0.3) is 0 Å². The third-order valence-electron chi connectivity index (χ3n) is 2.39. The average Bonchev–Trinajstić information content (AvgIpc) is 2.21. The average molecular weight is 273 g/mol. The molecule has 1 atom stereocenters. The fraction of sp³-hybridized carbons (Fsp3) is 0.364. The van der Waals surface area contributed by atoms with Crippen LogP contribution >= 0.6 is 15.9 Å². The summed E-state index contributed by atoms with van der Waals surface area (Å²) in [6, 6.07) is 3.66. The fourth-order valence-corrected chi connectivity index (χ4v) is 1.95. The SMILES string of the molecule is COC(=O)C(O)c1cc(Br)cc(C)c1C. The number of esters is 1. The van der Waals surface area contributed by atoms with Crippen molar-refractivity contribution < 1.29 is 14.6 Å². The number of aryl methyl sites for hydroxylation is 1. The van der Waals surface area contributed by atoms with Gasteiger partial charge in [0.05, 0.1) is 7.11 Å². The maximum atomic E-state index is 11.2. The second-order valence-electron chi connectivity index (χ2n) is 3.36. The Labute approximate surface area is 97.2 Å². The standard InChI is InChI=1S/C11H13BrO3/c1-6-4-8(12)5-9(7(6)2)10(13)11(14)15-3/h4-5,10,13H,1-3H3. The second kappa shape index (κ2) is 4.77. The molecule has 0 heterocycles. The first-order chi connectivity index (χ1) is 6.97. The first-order valence-corrected chi connectivity index (χ1v) is 5.29. The van der Waals surface area contributed by atoms with E-state index < -0.39 is 12.1 Å². The highest BCUT2D eigenvalue weighted by Gasteiger charge is 2.20. The van der Waals surface area contributed by atoms with Crippen molar-refractivity contribution in [2.45, 2.75) is 20.0 Å². The molecule has 0 fully saturated rings. The number of ether oxygens (including phenoxy) is 1. The maximum Gasteiger partial charge on any atom is 0.339 e. The highest BCUT2D eigenvalue weighted by Crippen LogP contribution is 2.26. The van der Waals surface area contributed by atoms with E-state index in [9.17, 15) is 9.90 Å². The number of carbonyl (C=O) groups is 1. The number of benzene rings is 1. The van der Waals surface area contributed by atoms with Crippen LogP contribution in [0.4, 0.5) is 0 Å². The van der Waals surface area contributed by atoms with Crippen LogP contribution in [0.5, 0.6) is 0 Å². The summed E-state index contributed by atoms with van der Waals surface area (Å²) in [5.74, 6) is -0.643. The van der Waals surface area contributed by atoms with Crippen molar-refractivity contribution in [2.75, 3.05) is 7.11 Å². The van der Waals surface area contributed by atoms with E-state index in [-0.39, 0.29) is 0 Å². The summed E-state index contributed by atoms with van der Waals surface area (Å²) >= 11 is 3.32. The molecule has 4 heteroatoms. The summed E-state index contributed by atoms with van der Waals surface area (Å²) in [7, 11) is 1.26. The van der Waals surface area contributed by atoms with E-state index in [2.05, 4.69) is 20.7 Å². The maximum absolute atomic E-state index is 11.2. The molecule has 82 valence electrons. The Morgan fingerprint density at radius 1 is 1.47 bits per heavy atom. The molecule has 1 aromatic carbocycles. The number of carbonyl (C=O) groups excluding carboxylic acids is 1. The Morgan fingerprint density at radius 2 is 2.07 bits per heavy atom. The van der Waals surface area contributed by atoms with Crippen molar-refractivity contribution in [3.8, 4) is 0 Å². The molecule has 0 radical (unpaired) electrons. The molecule has 0 aliphatic heterocycles. The summed E-state index contributed by atoms with van der Waals surface area (Å²) in [5.41, 5.74) is 2.49. The topological polar surface area (TPSA) is 46.5 Å². The van der Waals surface area contributed by atoms with Crippen LogP contribution in [0.1, 0.15) is 22.8 Å². The van der Waals surface area contributed by atoms with Crippen LogP contribution in [-0.2, 0) is 9.53 Å². The van der Waals surface area contributed by atoms with E-state index in [1.54, 1.807) is 6.07 Å². The van der Waals surface area contributed by atoms with E-state index in [1.165, 1.54) is 7.11 Å². The Kier molecular flexibility index (Phi) is 3.88. The van der Waals surface area contributed by atoms with Crippen molar-refractivity contribution >= 4 is 21.9 Å². The largest absolute Gasteiger partial charge is 0.467 e. The van der Waals surface area contributed by atoms with E-state index in [0.717, 1.165) is 15.6 Å². The van der Waals surface area contributed by atoms with E-state index in [4.69, 9.17) is 0 Å². The number of hydrogen-bond acceptors (Lipinski definition) is 3. The van der Waals surface area contributed by atoms with Gasteiger partial charge in [0.15, 0.2) is 6.10 Å². The van der Waals surface area contributed by atoms with Gasteiger partial charge in [-0.2, -0.15) is 0 Å². The van der Waals surface area contributed by atoms with E-state index in [0.29, 0.717) is 5.56 Å². The lowest BCUT2D eigenvalue weighted by molar-refractivity contribution is -0.150. The predicted molar refractivity (Wildman–Crippen MR) is 60.6 cm³/mol. The van der Waals surface area contributed by atoms with Gasteiger partial charge in [-0.1, -0.05) is 15.9 Å². The van der Waals surface area contributed by atoms with Crippen LogP contribution in [0.3, 0.4) is 0 Å². The summed E-state index contributed by atoms with van der Waals surface area (Å²) in [4.78, 5) is 11.2. The van der Waals surface area contributed by atoms with Crippen LogP contribution in [-0.4, -0.2) is 18.2 Å². The van der Waals surface area contributed by atoms with Gasteiger partial charge in [0, 0.05) is 4.47 Å². The molecule has 0 amide bonds. The fourth-order valence-electron chi connectivity index (χ4n) is 1.36. The third-order valence-corrected chi connectivity index (χ3v) is 2.85. The van der Waals surface area contributed by atoms with Gasteiger partial charge in [-0.15, -0.1) is 0 Å². The molecule has 0 saturated carbocycles. The molecule has 0 aromatic heterocycles. The zero-order valence-electron chi connectivity index (χ0n) is 8.87. The Balaban J connectivity index is 3.19. The van der Waals surface area contributed by atoms with Crippen molar-refractivity contribution in [1.82, 2.24) is 0 Å². The van der Waals surface area contributed by atoms with Crippen LogP contribution in [0.2, 0.25) is 0 Å². The van der Waals surface area contributed by atoms with Gasteiger partial charge < -0.3 is 9.84 Å². The van der Waals surface area contributed by atoms with Gasteiger partial charge in [0.2, 0.25) is 0 Å². The predicted octanol–water partition coefficient (Wildman–Crippen LogP) is 2.27. The zero-order valence-corrected chi connectivity index (χ0v) is 10.5. The van der Waals surface area contributed by atoms with Gasteiger partial charge in [0.1, 0.15) is 0 Å². The molecule has 1 aromatic rings. The smallest absolute Gasteiger partial charge is 0.339 e. The van der Waals surface area contributed by atoms with E-state index >= 15 is 0 Å². The molecule has 1 rings (SSSR count). The molecule has 3 nitrogen and oxygen atoms in total. The van der Waals surface area contributed by atoms with Crippen molar-refractivity contribution in [2.24, 2.45) is 0 Å². The van der Waals surface area contributed by atoms with Gasteiger partial charge in [0.25, 0.3) is 0 Å². The number of rotatable bonds is 2. The molecule has 1 N–H and O–H groups in total. The third kappa shape index (κ3) is 2.58. The number of hydrogen-bond donors (Lipinski definition) is 1. The molecule has 0 aliphatic carbocycles. The monoisotopic (exact) mass is 272 g/mol. The minimum absolute atomic E-state index is 0.578. The molecule has 0 bridgehead atoms. The number of aliphatic hydroxyl groups excluding tert-OH is 1. The van der Waals surface area contributed by atoms with Gasteiger partial charge in [-0.05, 0) is 42.7 Å². The first-order valence-electron chi connectivity index (χ1n) is 4.50. The van der Waals surface area contributed by atoms with Crippen molar-refractivity contribution in [1.29, 1.82) is 0 Å². The van der Waals surface area contributed by atoms with Crippen molar-refractivity contribution in [3.63, 3.8) is 0 Å². The normalized spacial score (nSPS) is 12.3. The van der Waals surface area contributed by atoms with Crippen molar-refractivity contribution in [3.05, 3.63) is 33.3 Å². The highest BCUT2D eigenvalue weighted by molar-refractivity contribution is 9.10. The summed E-state index contributed by atoms with van der Waals surface area (Å²) in [6.07, 6.45) is -1.22. The van der Waals surface area contributed by atoms with Gasteiger partial charge in [-0.3, -0.25) is 0 Å².